The predicted octanol–water partition coefficient (Wildman–Crippen LogP) is 2.74. The van der Waals surface area contributed by atoms with Gasteiger partial charge in [-0.2, -0.15) is 4.80 Å². The molecule has 31 heavy (non-hydrogen) atoms. The van der Waals surface area contributed by atoms with Gasteiger partial charge in [-0.3, -0.25) is 9.59 Å². The summed E-state index contributed by atoms with van der Waals surface area (Å²) in [6.45, 7) is 1.86. The Morgan fingerprint density at radius 3 is 2.48 bits per heavy atom. The number of aromatic nitrogens is 4. The molecule has 1 heterocycles. The molecule has 8 nitrogen and oxygen atoms in total. The normalized spacial score (nSPS) is 13.8. The minimum Gasteiger partial charge on any atom is -0.352 e. The number of tetrazole rings is 1. The molecule has 0 atom stereocenters. The Labute approximate surface area is 181 Å². The zero-order valence-electron chi connectivity index (χ0n) is 17.6. The summed E-state index contributed by atoms with van der Waals surface area (Å²) in [4.78, 5) is 28.4. The zero-order chi connectivity index (χ0) is 21.6. The molecule has 1 fully saturated rings. The maximum atomic E-state index is 13.1. The Morgan fingerprint density at radius 1 is 1.06 bits per heavy atom. The fraction of sp³-hybridized carbons (Fsp3) is 0.348. The highest BCUT2D eigenvalue weighted by Crippen LogP contribution is 2.19. The van der Waals surface area contributed by atoms with Crippen LogP contribution in [-0.4, -0.2) is 44.6 Å². The summed E-state index contributed by atoms with van der Waals surface area (Å²) in [7, 11) is 0. The molecule has 8 heteroatoms. The second kappa shape index (κ2) is 9.51. The van der Waals surface area contributed by atoms with E-state index in [1.165, 1.54) is 9.70 Å². The van der Waals surface area contributed by atoms with Crippen molar-refractivity contribution in [2.75, 3.05) is 11.4 Å². The zero-order valence-corrected chi connectivity index (χ0v) is 17.6. The van der Waals surface area contributed by atoms with Gasteiger partial charge in [0.2, 0.25) is 11.7 Å². The van der Waals surface area contributed by atoms with Crippen LogP contribution in [0.3, 0.4) is 0 Å². The van der Waals surface area contributed by atoms with Crippen molar-refractivity contribution in [3.05, 3.63) is 60.2 Å². The summed E-state index contributed by atoms with van der Waals surface area (Å²) in [6, 6.07) is 17.2. The summed E-state index contributed by atoms with van der Waals surface area (Å²) in [5, 5.41) is 15.5. The number of hydrogen-bond donors (Lipinski definition) is 1. The Balaban J connectivity index is 1.47. The lowest BCUT2D eigenvalue weighted by atomic mass is 10.1. The van der Waals surface area contributed by atoms with Crippen LogP contribution in [0.1, 0.15) is 31.2 Å². The molecule has 0 unspecified atom stereocenters. The van der Waals surface area contributed by atoms with E-state index in [2.05, 4.69) is 20.7 Å². The van der Waals surface area contributed by atoms with Crippen molar-refractivity contribution in [1.29, 1.82) is 0 Å². The van der Waals surface area contributed by atoms with Gasteiger partial charge in [0.05, 0.1) is 0 Å². The molecule has 0 saturated heterocycles. The third-order valence-electron chi connectivity index (χ3n) is 5.43. The highest BCUT2D eigenvalue weighted by atomic mass is 16.2. The highest BCUT2D eigenvalue weighted by Gasteiger charge is 2.23. The van der Waals surface area contributed by atoms with Crippen LogP contribution in [0.2, 0.25) is 0 Å². The first-order valence-corrected chi connectivity index (χ1v) is 10.6. The summed E-state index contributed by atoms with van der Waals surface area (Å²) < 4.78 is 0. The van der Waals surface area contributed by atoms with Gasteiger partial charge in [-0.1, -0.05) is 60.9 Å². The van der Waals surface area contributed by atoms with Gasteiger partial charge < -0.3 is 10.2 Å². The lowest BCUT2D eigenvalue weighted by Gasteiger charge is -2.23. The summed E-state index contributed by atoms with van der Waals surface area (Å²) in [5.74, 6) is 0.0228. The van der Waals surface area contributed by atoms with Crippen LogP contribution in [-0.2, 0) is 16.1 Å². The molecule has 1 saturated carbocycles. The van der Waals surface area contributed by atoms with Crippen LogP contribution in [0.5, 0.6) is 0 Å². The molecule has 160 valence electrons. The van der Waals surface area contributed by atoms with E-state index < -0.39 is 0 Å². The van der Waals surface area contributed by atoms with Gasteiger partial charge in [-0.15, -0.1) is 10.2 Å². The van der Waals surface area contributed by atoms with E-state index in [4.69, 9.17) is 0 Å². The van der Waals surface area contributed by atoms with Gasteiger partial charge in [-0.25, -0.2) is 0 Å². The molecule has 1 aliphatic rings. The van der Waals surface area contributed by atoms with Gasteiger partial charge in [0.1, 0.15) is 13.1 Å². The number of amides is 2. The van der Waals surface area contributed by atoms with Crippen LogP contribution >= 0.6 is 0 Å². The second-order valence-corrected chi connectivity index (χ2v) is 7.87. The van der Waals surface area contributed by atoms with E-state index in [9.17, 15) is 9.59 Å². The van der Waals surface area contributed by atoms with Crippen molar-refractivity contribution < 1.29 is 9.59 Å². The highest BCUT2D eigenvalue weighted by molar-refractivity contribution is 5.98. The number of hydrogen-bond acceptors (Lipinski definition) is 5. The third kappa shape index (κ3) is 5.33. The van der Waals surface area contributed by atoms with E-state index in [1.54, 1.807) is 0 Å². The molecule has 2 aromatic carbocycles. The summed E-state index contributed by atoms with van der Waals surface area (Å²) in [6.07, 6.45) is 4.26. The fourth-order valence-corrected chi connectivity index (χ4v) is 3.75. The number of rotatable bonds is 7. The molecule has 3 aromatic rings. The molecule has 1 N–H and O–H groups in total. The van der Waals surface area contributed by atoms with E-state index >= 15 is 0 Å². The van der Waals surface area contributed by atoms with Crippen LogP contribution in [0.15, 0.2) is 54.6 Å². The van der Waals surface area contributed by atoms with E-state index in [-0.39, 0.29) is 30.9 Å². The van der Waals surface area contributed by atoms with Crippen molar-refractivity contribution in [3.63, 3.8) is 0 Å². The van der Waals surface area contributed by atoms with Crippen molar-refractivity contribution in [1.82, 2.24) is 25.5 Å². The minimum atomic E-state index is -0.277. The van der Waals surface area contributed by atoms with Gasteiger partial charge in [0, 0.05) is 17.3 Å². The van der Waals surface area contributed by atoms with Crippen molar-refractivity contribution in [3.8, 4) is 11.4 Å². The lowest BCUT2D eigenvalue weighted by molar-refractivity contribution is -0.124. The largest absolute Gasteiger partial charge is 0.352 e. The molecule has 1 aromatic heterocycles. The molecule has 0 bridgehead atoms. The van der Waals surface area contributed by atoms with Gasteiger partial charge >= 0.3 is 0 Å². The second-order valence-electron chi connectivity index (χ2n) is 7.87. The molecule has 0 radical (unpaired) electrons. The number of nitrogens with zero attached hydrogens (tertiary/aromatic N) is 5. The quantitative estimate of drug-likeness (QED) is 0.637. The number of benzene rings is 2. The predicted molar refractivity (Wildman–Crippen MR) is 117 cm³/mol. The van der Waals surface area contributed by atoms with Gasteiger partial charge in [0.25, 0.3) is 5.91 Å². The van der Waals surface area contributed by atoms with E-state index in [0.717, 1.165) is 36.8 Å². The summed E-state index contributed by atoms with van der Waals surface area (Å²) in [5.41, 5.74) is 2.63. The number of carbonyl (C=O) groups excluding carboxylic acids is 2. The first-order valence-electron chi connectivity index (χ1n) is 10.6. The maximum absolute atomic E-state index is 13.1. The van der Waals surface area contributed by atoms with Crippen LogP contribution in [0, 0.1) is 6.92 Å². The number of carbonyl (C=O) groups is 2. The fourth-order valence-electron chi connectivity index (χ4n) is 3.75. The molecule has 0 spiro atoms. The van der Waals surface area contributed by atoms with Crippen molar-refractivity contribution in [2.24, 2.45) is 0 Å². The first-order chi connectivity index (χ1) is 15.1. The van der Waals surface area contributed by atoms with Crippen LogP contribution < -0.4 is 10.2 Å². The Morgan fingerprint density at radius 2 is 1.77 bits per heavy atom. The molecular weight excluding hydrogens is 392 g/mol. The molecule has 2 amide bonds. The standard InChI is InChI=1S/C23H26N6O2/c1-17-11-13-18(14-12-17)23-25-27-29(26-23)16-22(31)28(20-9-3-2-4-10-20)15-21(30)24-19-7-5-6-8-19/h2-4,9-14,19H,5-8,15-16H2,1H3,(H,24,30). The smallest absolute Gasteiger partial charge is 0.251 e. The lowest BCUT2D eigenvalue weighted by Crippen LogP contribution is -2.44. The molecule has 1 aliphatic carbocycles. The first kappa shape index (κ1) is 20.7. The van der Waals surface area contributed by atoms with Crippen molar-refractivity contribution >= 4 is 17.5 Å². The van der Waals surface area contributed by atoms with Gasteiger partial charge in [-0.05, 0) is 37.1 Å². The summed E-state index contributed by atoms with van der Waals surface area (Å²) >= 11 is 0. The maximum Gasteiger partial charge on any atom is 0.251 e. The molecule has 0 aliphatic heterocycles. The molecular formula is C23H26N6O2. The number of anilines is 1. The third-order valence-corrected chi connectivity index (χ3v) is 5.43. The SMILES string of the molecule is Cc1ccc(-c2nnn(CC(=O)N(CC(=O)NC3CCCC3)c3ccccc3)n2)cc1. The number of para-hydroxylation sites is 1. The average molecular weight is 419 g/mol. The number of nitrogens with one attached hydrogen (secondary N) is 1. The average Bonchev–Trinajstić information content (AvgIpc) is 3.45. The topological polar surface area (TPSA) is 93.0 Å². The van der Waals surface area contributed by atoms with Crippen molar-refractivity contribution in [2.45, 2.75) is 45.2 Å². The Kier molecular flexibility index (Phi) is 6.35. The number of aryl methyl sites for hydroxylation is 1. The van der Waals surface area contributed by atoms with Crippen LogP contribution in [0.25, 0.3) is 11.4 Å². The molecule has 4 rings (SSSR count). The van der Waals surface area contributed by atoms with E-state index in [0.29, 0.717) is 11.5 Å². The minimum absolute atomic E-state index is 0.0428. The van der Waals surface area contributed by atoms with E-state index in [1.807, 2.05) is 61.5 Å². The van der Waals surface area contributed by atoms with Crippen LogP contribution in [0.4, 0.5) is 5.69 Å². The monoisotopic (exact) mass is 418 g/mol. The Bertz CT molecular complexity index is 1030. The Hall–Kier alpha value is -3.55. The van der Waals surface area contributed by atoms with Gasteiger partial charge in [0.15, 0.2) is 0 Å².